The Bertz CT molecular complexity index is 446. The van der Waals surface area contributed by atoms with Crippen molar-refractivity contribution in [1.82, 2.24) is 10.6 Å². The van der Waals surface area contributed by atoms with Crippen LogP contribution in [0.15, 0.2) is 24.3 Å². The van der Waals surface area contributed by atoms with Crippen LogP contribution in [0.2, 0.25) is 0 Å². The van der Waals surface area contributed by atoms with Crippen molar-refractivity contribution >= 4 is 11.8 Å². The van der Waals surface area contributed by atoms with Gasteiger partial charge in [0.25, 0.3) is 5.91 Å². The average molecular weight is 252 g/mol. The van der Waals surface area contributed by atoms with Gasteiger partial charge in [-0.1, -0.05) is 26.0 Å². The van der Waals surface area contributed by atoms with Gasteiger partial charge < -0.3 is 10.6 Å². The summed E-state index contributed by atoms with van der Waals surface area (Å²) >= 11 is 0. The number of halogens is 1. The van der Waals surface area contributed by atoms with Gasteiger partial charge in [0, 0.05) is 7.05 Å². The van der Waals surface area contributed by atoms with Crippen molar-refractivity contribution < 1.29 is 14.0 Å². The summed E-state index contributed by atoms with van der Waals surface area (Å²) in [5.74, 6) is -1.57. The van der Waals surface area contributed by atoms with Crippen molar-refractivity contribution in [3.8, 4) is 0 Å². The molecule has 2 amide bonds. The minimum Gasteiger partial charge on any atom is -0.357 e. The highest BCUT2D eigenvalue weighted by molar-refractivity contribution is 5.97. The van der Waals surface area contributed by atoms with Crippen LogP contribution >= 0.6 is 0 Å². The van der Waals surface area contributed by atoms with E-state index in [0.29, 0.717) is 0 Å². The van der Waals surface area contributed by atoms with Crippen molar-refractivity contribution in [2.75, 3.05) is 7.05 Å². The van der Waals surface area contributed by atoms with E-state index in [1.807, 2.05) is 13.8 Å². The molecular formula is C13H17FN2O2. The first-order valence-electron chi connectivity index (χ1n) is 5.74. The summed E-state index contributed by atoms with van der Waals surface area (Å²) in [7, 11) is 1.49. The predicted octanol–water partition coefficient (Wildman–Crippen LogP) is 1.33. The predicted molar refractivity (Wildman–Crippen MR) is 66.6 cm³/mol. The van der Waals surface area contributed by atoms with Gasteiger partial charge in [0.1, 0.15) is 11.9 Å². The SMILES string of the molecule is CNC(=O)C(NC(=O)c1ccccc1F)C(C)C. The second-order valence-electron chi connectivity index (χ2n) is 4.29. The first kappa shape index (κ1) is 14.2. The van der Waals surface area contributed by atoms with Crippen molar-refractivity contribution in [3.05, 3.63) is 35.6 Å². The number of hydrogen-bond donors (Lipinski definition) is 2. The molecule has 1 unspecified atom stereocenters. The molecular weight excluding hydrogens is 235 g/mol. The summed E-state index contributed by atoms with van der Waals surface area (Å²) in [6, 6.07) is 4.99. The van der Waals surface area contributed by atoms with E-state index in [0.717, 1.165) is 0 Å². The van der Waals surface area contributed by atoms with Crippen LogP contribution in [-0.2, 0) is 4.79 Å². The number of carbonyl (C=O) groups is 2. The van der Waals surface area contributed by atoms with Gasteiger partial charge in [0.2, 0.25) is 5.91 Å². The molecule has 1 aromatic carbocycles. The molecule has 1 atom stereocenters. The summed E-state index contributed by atoms with van der Waals surface area (Å²) in [5, 5.41) is 5.00. The van der Waals surface area contributed by atoms with Crippen molar-refractivity contribution in [1.29, 1.82) is 0 Å². The van der Waals surface area contributed by atoms with Gasteiger partial charge in [0.15, 0.2) is 0 Å². The van der Waals surface area contributed by atoms with Gasteiger partial charge in [-0.3, -0.25) is 9.59 Å². The van der Waals surface area contributed by atoms with E-state index in [-0.39, 0.29) is 17.4 Å². The zero-order chi connectivity index (χ0) is 13.7. The van der Waals surface area contributed by atoms with Gasteiger partial charge in [-0.25, -0.2) is 4.39 Å². The number of likely N-dealkylation sites (N-methyl/N-ethyl adjacent to an activating group) is 1. The van der Waals surface area contributed by atoms with Crippen LogP contribution in [0.5, 0.6) is 0 Å². The summed E-state index contributed by atoms with van der Waals surface area (Å²) < 4.78 is 13.4. The summed E-state index contributed by atoms with van der Waals surface area (Å²) in [5.41, 5.74) is -0.0629. The molecule has 0 saturated carbocycles. The van der Waals surface area contributed by atoms with Gasteiger partial charge in [-0.2, -0.15) is 0 Å². The Balaban J connectivity index is 2.86. The molecule has 0 aromatic heterocycles. The first-order valence-corrected chi connectivity index (χ1v) is 5.74. The van der Waals surface area contributed by atoms with E-state index in [9.17, 15) is 14.0 Å². The molecule has 0 aliphatic heterocycles. The minimum absolute atomic E-state index is 0.0629. The lowest BCUT2D eigenvalue weighted by Crippen LogP contribution is -2.48. The van der Waals surface area contributed by atoms with Crippen LogP contribution in [0.4, 0.5) is 4.39 Å². The summed E-state index contributed by atoms with van der Waals surface area (Å²) in [6.07, 6.45) is 0. The third-order valence-electron chi connectivity index (χ3n) is 2.60. The normalized spacial score (nSPS) is 12.1. The van der Waals surface area contributed by atoms with Crippen LogP contribution in [0, 0.1) is 11.7 Å². The highest BCUT2D eigenvalue weighted by atomic mass is 19.1. The Morgan fingerprint density at radius 2 is 1.83 bits per heavy atom. The molecule has 98 valence electrons. The molecule has 0 heterocycles. The quantitative estimate of drug-likeness (QED) is 0.849. The maximum atomic E-state index is 13.4. The number of benzene rings is 1. The van der Waals surface area contributed by atoms with E-state index in [1.54, 1.807) is 6.07 Å². The zero-order valence-electron chi connectivity index (χ0n) is 10.7. The van der Waals surface area contributed by atoms with Gasteiger partial charge in [-0.15, -0.1) is 0 Å². The molecule has 0 fully saturated rings. The molecule has 0 spiro atoms. The molecule has 1 aromatic rings. The van der Waals surface area contributed by atoms with Gasteiger partial charge in [0.05, 0.1) is 5.56 Å². The Labute approximate surface area is 106 Å². The fourth-order valence-corrected chi connectivity index (χ4v) is 1.55. The Morgan fingerprint density at radius 1 is 1.22 bits per heavy atom. The van der Waals surface area contributed by atoms with Crippen molar-refractivity contribution in [3.63, 3.8) is 0 Å². The smallest absolute Gasteiger partial charge is 0.254 e. The van der Waals surface area contributed by atoms with E-state index in [2.05, 4.69) is 10.6 Å². The second kappa shape index (κ2) is 6.14. The lowest BCUT2D eigenvalue weighted by Gasteiger charge is -2.20. The molecule has 0 aliphatic rings. The van der Waals surface area contributed by atoms with Crippen LogP contribution in [0.25, 0.3) is 0 Å². The van der Waals surface area contributed by atoms with E-state index >= 15 is 0 Å². The molecule has 0 saturated heterocycles. The summed E-state index contributed by atoms with van der Waals surface area (Å²) in [6.45, 7) is 3.61. The molecule has 0 aliphatic carbocycles. The number of rotatable bonds is 4. The average Bonchev–Trinajstić information content (AvgIpc) is 2.35. The minimum atomic E-state index is -0.679. The Morgan fingerprint density at radius 3 is 2.33 bits per heavy atom. The maximum absolute atomic E-state index is 13.4. The molecule has 0 radical (unpaired) electrons. The van der Waals surface area contributed by atoms with Gasteiger partial charge >= 0.3 is 0 Å². The van der Waals surface area contributed by atoms with Crippen LogP contribution in [0.1, 0.15) is 24.2 Å². The molecule has 4 nitrogen and oxygen atoms in total. The standard InChI is InChI=1S/C13H17FN2O2/c1-8(2)11(13(18)15-3)16-12(17)9-6-4-5-7-10(9)14/h4-8,11H,1-3H3,(H,15,18)(H,16,17). The van der Waals surface area contributed by atoms with Crippen LogP contribution in [-0.4, -0.2) is 24.9 Å². The highest BCUT2D eigenvalue weighted by Crippen LogP contribution is 2.08. The molecule has 2 N–H and O–H groups in total. The fourth-order valence-electron chi connectivity index (χ4n) is 1.55. The number of hydrogen-bond acceptors (Lipinski definition) is 2. The second-order valence-corrected chi connectivity index (χ2v) is 4.29. The summed E-state index contributed by atoms with van der Waals surface area (Å²) in [4.78, 5) is 23.5. The number of nitrogens with one attached hydrogen (secondary N) is 2. The fraction of sp³-hybridized carbons (Fsp3) is 0.385. The lowest BCUT2D eigenvalue weighted by molar-refractivity contribution is -0.123. The maximum Gasteiger partial charge on any atom is 0.254 e. The lowest BCUT2D eigenvalue weighted by atomic mass is 10.0. The molecule has 0 bridgehead atoms. The topological polar surface area (TPSA) is 58.2 Å². The zero-order valence-corrected chi connectivity index (χ0v) is 10.7. The van der Waals surface area contributed by atoms with Crippen LogP contribution in [0.3, 0.4) is 0 Å². The third-order valence-corrected chi connectivity index (χ3v) is 2.60. The monoisotopic (exact) mass is 252 g/mol. The number of amides is 2. The van der Waals surface area contributed by atoms with Gasteiger partial charge in [-0.05, 0) is 18.1 Å². The first-order chi connectivity index (χ1) is 8.47. The Kier molecular flexibility index (Phi) is 4.83. The largest absolute Gasteiger partial charge is 0.357 e. The molecule has 1 rings (SSSR count). The molecule has 18 heavy (non-hydrogen) atoms. The van der Waals surface area contributed by atoms with E-state index in [4.69, 9.17) is 0 Å². The third kappa shape index (κ3) is 3.29. The molecule has 5 heteroatoms. The van der Waals surface area contributed by atoms with Crippen LogP contribution < -0.4 is 10.6 Å². The number of carbonyl (C=O) groups excluding carboxylic acids is 2. The van der Waals surface area contributed by atoms with Crippen molar-refractivity contribution in [2.45, 2.75) is 19.9 Å². The van der Waals surface area contributed by atoms with Crippen molar-refractivity contribution in [2.24, 2.45) is 5.92 Å². The van der Waals surface area contributed by atoms with E-state index in [1.165, 1.54) is 25.2 Å². The highest BCUT2D eigenvalue weighted by Gasteiger charge is 2.24. The Hall–Kier alpha value is -1.91. The van der Waals surface area contributed by atoms with E-state index < -0.39 is 17.8 Å².